The number of rotatable bonds is 8. The van der Waals surface area contributed by atoms with Crippen LogP contribution in [0, 0.1) is 17.3 Å². The number of nitrogens with zero attached hydrogens (tertiary/aromatic N) is 2. The Labute approximate surface area is 234 Å². The molecule has 0 bridgehead atoms. The van der Waals surface area contributed by atoms with Gasteiger partial charge in [0.25, 0.3) is 5.91 Å². The molecule has 3 rings (SSSR count). The average Bonchev–Trinajstić information content (AvgIpc) is 3.18. The highest BCUT2D eigenvalue weighted by molar-refractivity contribution is 7.51. The van der Waals surface area contributed by atoms with Gasteiger partial charge in [-0.15, -0.1) is 0 Å². The number of nitrogens with one attached hydrogen (secondary N) is 1. The van der Waals surface area contributed by atoms with E-state index in [0.29, 0.717) is 24.9 Å². The van der Waals surface area contributed by atoms with E-state index in [1.807, 2.05) is 0 Å². The van der Waals surface area contributed by atoms with Crippen LogP contribution in [0.25, 0.3) is 11.3 Å². The lowest BCUT2D eigenvalue weighted by molar-refractivity contribution is -0.211. The van der Waals surface area contributed by atoms with Crippen molar-refractivity contribution in [2.75, 3.05) is 13.6 Å². The van der Waals surface area contributed by atoms with Crippen LogP contribution in [0.4, 0.5) is 13.2 Å². The lowest BCUT2D eigenvalue weighted by Crippen LogP contribution is -2.34. The lowest BCUT2D eigenvalue weighted by Gasteiger charge is -2.28. The van der Waals surface area contributed by atoms with Gasteiger partial charge in [-0.25, -0.2) is 0 Å². The third-order valence-corrected chi connectivity index (χ3v) is 7.28. The number of ether oxygens (including phenoxy) is 1. The van der Waals surface area contributed by atoms with E-state index in [-0.39, 0.29) is 39.7 Å². The van der Waals surface area contributed by atoms with Gasteiger partial charge in [-0.1, -0.05) is 51.3 Å². The molecule has 0 spiro atoms. The maximum absolute atomic E-state index is 13.5. The Morgan fingerprint density at radius 2 is 1.89 bits per heavy atom. The Morgan fingerprint density at radius 3 is 2.45 bits per heavy atom. The first-order chi connectivity index (χ1) is 18.9. The molecule has 1 aliphatic carbocycles. The van der Waals surface area contributed by atoms with Crippen molar-refractivity contribution in [2.45, 2.75) is 72.5 Å². The zero-order chi connectivity index (χ0) is 31.2. The summed E-state index contributed by atoms with van der Waals surface area (Å²) in [6, 6.07) is 4.22. The van der Waals surface area contributed by atoms with E-state index in [0.717, 1.165) is 39.5 Å². The molecule has 38 heavy (non-hydrogen) atoms. The van der Waals surface area contributed by atoms with Gasteiger partial charge in [-0.2, -0.15) is 26.7 Å². The van der Waals surface area contributed by atoms with Crippen LogP contribution in [0.1, 0.15) is 73.5 Å². The standard InChI is InChI=1S/C26H35ClF3N3O2.O2S/c1-6-33-23(19-12-11-18(13-20(19)35-5)14-25(3,4)26(28,29)30)21(27)22(32-33)24(34)31-15-17-9-7-16(2)8-10-17;1-3-2/h11-13,16-17H,6-10,14-15H2,1-5H3,(H,31,34);/i5D3;. The first-order valence-corrected chi connectivity index (χ1v) is 13.3. The molecule has 0 aliphatic heterocycles. The number of carbonyl (C=O) groups is 1. The molecule has 1 amide bonds. The van der Waals surface area contributed by atoms with Crippen LogP contribution < -0.4 is 10.1 Å². The van der Waals surface area contributed by atoms with Gasteiger partial charge < -0.3 is 10.1 Å². The minimum Gasteiger partial charge on any atom is -0.496 e. The number of hydrogen-bond donors (Lipinski definition) is 1. The Kier molecular flexibility index (Phi) is 9.72. The highest BCUT2D eigenvalue weighted by Crippen LogP contribution is 2.42. The molecular weight excluding hydrogens is 543 g/mol. The number of methoxy groups -OCH3 is 1. The molecule has 1 aliphatic rings. The molecule has 2 aromatic rings. The highest BCUT2D eigenvalue weighted by Gasteiger charge is 2.47. The SMILES string of the molecule is O=S=O.[2H]C([2H])([2H])Oc1cc(CC(C)(C)C(F)(F)F)ccc1-c1c(Cl)c(C(=O)NCC2CCC(C)CC2)nn1CC. The summed E-state index contributed by atoms with van der Waals surface area (Å²) in [5.74, 6) is 0.468. The van der Waals surface area contributed by atoms with Crippen LogP contribution in [-0.2, 0) is 24.5 Å². The monoisotopic (exact) mass is 580 g/mol. The summed E-state index contributed by atoms with van der Waals surface area (Å²) >= 11 is 5.89. The molecule has 1 aromatic carbocycles. The molecule has 0 unspecified atom stereocenters. The molecule has 1 heterocycles. The summed E-state index contributed by atoms with van der Waals surface area (Å²) in [5.41, 5.74) is -1.33. The van der Waals surface area contributed by atoms with Crippen LogP contribution in [-0.4, -0.2) is 43.9 Å². The molecule has 1 saturated carbocycles. The normalized spacial score (nSPS) is 19.3. The number of benzene rings is 1. The lowest BCUT2D eigenvalue weighted by atomic mass is 9.83. The zero-order valence-corrected chi connectivity index (χ0v) is 23.4. The molecule has 0 atom stereocenters. The first kappa shape index (κ1) is 27.2. The van der Waals surface area contributed by atoms with E-state index in [1.165, 1.54) is 22.9 Å². The summed E-state index contributed by atoms with van der Waals surface area (Å²) in [5, 5.41) is 7.29. The second-order valence-corrected chi connectivity index (χ2v) is 10.7. The van der Waals surface area contributed by atoms with Crippen molar-refractivity contribution >= 4 is 29.1 Å². The predicted octanol–water partition coefficient (Wildman–Crippen LogP) is 6.25. The molecule has 1 fully saturated rings. The molecule has 7 nitrogen and oxygen atoms in total. The first-order valence-electron chi connectivity index (χ1n) is 13.8. The Morgan fingerprint density at radius 1 is 1.26 bits per heavy atom. The van der Waals surface area contributed by atoms with Gasteiger partial charge in [-0.05, 0) is 55.7 Å². The molecular formula is C26H35ClF3N3O4S. The zero-order valence-electron chi connectivity index (χ0n) is 24.8. The van der Waals surface area contributed by atoms with E-state index in [1.54, 1.807) is 6.92 Å². The largest absolute Gasteiger partial charge is 0.496 e. The summed E-state index contributed by atoms with van der Waals surface area (Å²) in [6.45, 7) is 6.97. The van der Waals surface area contributed by atoms with Crippen LogP contribution in [0.2, 0.25) is 5.02 Å². The van der Waals surface area contributed by atoms with Crippen molar-refractivity contribution in [3.05, 3.63) is 34.5 Å². The van der Waals surface area contributed by atoms with Gasteiger partial charge in [0, 0.05) is 18.7 Å². The fraction of sp³-hybridized carbons (Fsp3) is 0.615. The maximum Gasteiger partial charge on any atom is 0.394 e. The van der Waals surface area contributed by atoms with Crippen molar-refractivity contribution in [3.63, 3.8) is 0 Å². The van der Waals surface area contributed by atoms with E-state index in [2.05, 4.69) is 17.3 Å². The third kappa shape index (κ3) is 7.81. The summed E-state index contributed by atoms with van der Waals surface area (Å²) in [7, 11) is -2.87. The number of amides is 1. The fourth-order valence-corrected chi connectivity index (χ4v) is 4.82. The fourth-order valence-electron chi connectivity index (χ4n) is 4.49. The van der Waals surface area contributed by atoms with Gasteiger partial charge in [-0.3, -0.25) is 9.48 Å². The average molecular weight is 581 g/mol. The van der Waals surface area contributed by atoms with E-state index in [4.69, 9.17) is 28.9 Å². The second kappa shape index (κ2) is 13.6. The van der Waals surface area contributed by atoms with Crippen LogP contribution >= 0.6 is 11.6 Å². The molecule has 12 heteroatoms. The van der Waals surface area contributed by atoms with E-state index >= 15 is 0 Å². The van der Waals surface area contributed by atoms with Crippen molar-refractivity contribution in [1.82, 2.24) is 15.1 Å². The van der Waals surface area contributed by atoms with Crippen LogP contribution in [0.5, 0.6) is 5.75 Å². The van der Waals surface area contributed by atoms with Crippen molar-refractivity contribution in [3.8, 4) is 17.0 Å². The number of carbonyl (C=O) groups excluding carboxylic acids is 1. The van der Waals surface area contributed by atoms with Crippen molar-refractivity contribution in [2.24, 2.45) is 17.3 Å². The number of halogens is 4. The van der Waals surface area contributed by atoms with Gasteiger partial charge in [0.15, 0.2) is 5.69 Å². The minimum absolute atomic E-state index is 0.00481. The van der Waals surface area contributed by atoms with Gasteiger partial charge in [0.1, 0.15) is 5.75 Å². The molecule has 0 radical (unpaired) electrons. The quantitative estimate of drug-likeness (QED) is 0.399. The molecule has 1 N–H and O–H groups in total. The Balaban J connectivity index is 0.00000187. The van der Waals surface area contributed by atoms with Crippen molar-refractivity contribution < 1.29 is 35.2 Å². The van der Waals surface area contributed by atoms with Gasteiger partial charge in [0.05, 0.1) is 27.3 Å². The summed E-state index contributed by atoms with van der Waals surface area (Å²) < 4.78 is 86.4. The van der Waals surface area contributed by atoms with E-state index in [9.17, 15) is 18.0 Å². The Hall–Kier alpha value is -2.40. The molecule has 212 valence electrons. The van der Waals surface area contributed by atoms with E-state index < -0.39 is 36.1 Å². The Bertz CT molecular complexity index is 1240. The third-order valence-electron chi connectivity index (χ3n) is 6.92. The van der Waals surface area contributed by atoms with Gasteiger partial charge >= 0.3 is 17.7 Å². The summed E-state index contributed by atoms with van der Waals surface area (Å²) in [6.07, 6.45) is -0.521. The van der Waals surface area contributed by atoms with Crippen molar-refractivity contribution in [1.29, 1.82) is 0 Å². The molecule has 0 saturated heterocycles. The van der Waals surface area contributed by atoms with Gasteiger partial charge in [0.2, 0.25) is 0 Å². The topological polar surface area (TPSA) is 90.3 Å². The number of hydrogen-bond acceptors (Lipinski definition) is 5. The predicted molar refractivity (Wildman–Crippen MR) is 141 cm³/mol. The number of aromatic nitrogens is 2. The smallest absolute Gasteiger partial charge is 0.394 e. The minimum atomic E-state index is -4.46. The number of aryl methyl sites for hydroxylation is 1. The second-order valence-electron chi connectivity index (χ2n) is 10.2. The maximum atomic E-state index is 13.5. The van der Waals surface area contributed by atoms with Crippen LogP contribution in [0.15, 0.2) is 18.2 Å². The number of alkyl halides is 3. The van der Waals surface area contributed by atoms with Crippen LogP contribution in [0.3, 0.4) is 0 Å². The highest BCUT2D eigenvalue weighted by atomic mass is 35.5. The molecule has 1 aromatic heterocycles. The summed E-state index contributed by atoms with van der Waals surface area (Å²) in [4.78, 5) is 13.0.